The minimum atomic E-state index is -0.0672. The molecule has 0 radical (unpaired) electrons. The second kappa shape index (κ2) is 6.90. The van der Waals surface area contributed by atoms with Crippen molar-refractivity contribution in [1.29, 1.82) is 5.26 Å². The first-order valence-corrected chi connectivity index (χ1v) is 7.28. The van der Waals surface area contributed by atoms with Crippen molar-refractivity contribution in [1.82, 2.24) is 10.1 Å². The fourth-order valence-electron chi connectivity index (χ4n) is 2.37. The van der Waals surface area contributed by atoms with Crippen LogP contribution in [0.2, 0.25) is 0 Å². The van der Waals surface area contributed by atoms with Crippen LogP contribution in [0.15, 0.2) is 28.8 Å². The van der Waals surface area contributed by atoms with Gasteiger partial charge in [-0.2, -0.15) is 5.26 Å². The summed E-state index contributed by atoms with van der Waals surface area (Å²) in [4.78, 5) is 14.5. The van der Waals surface area contributed by atoms with E-state index in [0.717, 1.165) is 12.0 Å². The number of benzene rings is 1. The molecule has 0 atom stereocenters. The third kappa shape index (κ3) is 3.34. The Labute approximate surface area is 130 Å². The fraction of sp³-hybridized carbons (Fsp3) is 0.353. The maximum absolute atomic E-state index is 12.7. The average Bonchev–Trinajstić information content (AvgIpc) is 2.86. The van der Waals surface area contributed by atoms with Gasteiger partial charge < -0.3 is 9.42 Å². The Morgan fingerprint density at radius 2 is 2.00 bits per heavy atom. The monoisotopic (exact) mass is 297 g/mol. The van der Waals surface area contributed by atoms with Crippen molar-refractivity contribution in [2.45, 2.75) is 33.7 Å². The molecule has 0 bridgehead atoms. The summed E-state index contributed by atoms with van der Waals surface area (Å²) in [6, 6.07) is 9.37. The maximum Gasteiger partial charge on any atom is 0.259 e. The summed E-state index contributed by atoms with van der Waals surface area (Å²) in [5, 5.41) is 12.7. The van der Waals surface area contributed by atoms with E-state index in [4.69, 9.17) is 9.78 Å². The SMILES string of the molecule is CCCN(Cc1ccc(C#N)cc1)C(=O)c1c(C)noc1C. The van der Waals surface area contributed by atoms with Gasteiger partial charge >= 0.3 is 0 Å². The molecule has 22 heavy (non-hydrogen) atoms. The molecule has 2 rings (SSSR count). The first-order chi connectivity index (χ1) is 10.6. The number of hydrogen-bond donors (Lipinski definition) is 0. The van der Waals surface area contributed by atoms with E-state index in [0.29, 0.717) is 35.7 Å². The van der Waals surface area contributed by atoms with Crippen LogP contribution in [-0.4, -0.2) is 22.5 Å². The van der Waals surface area contributed by atoms with Crippen LogP contribution < -0.4 is 0 Å². The van der Waals surface area contributed by atoms with Gasteiger partial charge in [-0.15, -0.1) is 0 Å². The second-order valence-electron chi connectivity index (χ2n) is 5.23. The van der Waals surface area contributed by atoms with Crippen molar-refractivity contribution < 1.29 is 9.32 Å². The van der Waals surface area contributed by atoms with E-state index in [1.807, 2.05) is 19.1 Å². The molecule has 0 unspecified atom stereocenters. The molecule has 5 nitrogen and oxygen atoms in total. The molecule has 1 aromatic carbocycles. The largest absolute Gasteiger partial charge is 0.361 e. The number of carbonyl (C=O) groups is 1. The lowest BCUT2D eigenvalue weighted by molar-refractivity contribution is 0.0741. The average molecular weight is 297 g/mol. The van der Waals surface area contributed by atoms with Crippen LogP contribution in [0.3, 0.4) is 0 Å². The molecular formula is C17H19N3O2. The van der Waals surface area contributed by atoms with E-state index < -0.39 is 0 Å². The van der Waals surface area contributed by atoms with Crippen LogP contribution in [0.5, 0.6) is 0 Å². The minimum absolute atomic E-state index is 0.0672. The number of rotatable bonds is 5. The smallest absolute Gasteiger partial charge is 0.259 e. The van der Waals surface area contributed by atoms with E-state index in [1.165, 1.54) is 0 Å². The van der Waals surface area contributed by atoms with Gasteiger partial charge in [-0.1, -0.05) is 24.2 Å². The Morgan fingerprint density at radius 1 is 1.32 bits per heavy atom. The lowest BCUT2D eigenvalue weighted by Crippen LogP contribution is -2.32. The normalized spacial score (nSPS) is 10.3. The zero-order valence-corrected chi connectivity index (χ0v) is 13.1. The quantitative estimate of drug-likeness (QED) is 0.849. The summed E-state index contributed by atoms with van der Waals surface area (Å²) in [7, 11) is 0. The van der Waals surface area contributed by atoms with Crippen LogP contribution >= 0.6 is 0 Å². The Kier molecular flexibility index (Phi) is 4.95. The fourth-order valence-corrected chi connectivity index (χ4v) is 2.37. The minimum Gasteiger partial charge on any atom is -0.361 e. The number of aryl methyl sites for hydroxylation is 2. The van der Waals surface area contributed by atoms with Crippen LogP contribution in [0, 0.1) is 25.2 Å². The van der Waals surface area contributed by atoms with Crippen molar-refractivity contribution in [2.75, 3.05) is 6.54 Å². The molecule has 0 spiro atoms. The zero-order valence-electron chi connectivity index (χ0n) is 13.1. The van der Waals surface area contributed by atoms with Gasteiger partial charge in [-0.05, 0) is 38.0 Å². The van der Waals surface area contributed by atoms with Gasteiger partial charge in [-0.3, -0.25) is 4.79 Å². The van der Waals surface area contributed by atoms with Gasteiger partial charge in [0.2, 0.25) is 0 Å². The predicted octanol–water partition coefficient (Wildman–Crippen LogP) is 3.22. The molecule has 0 N–H and O–H groups in total. The third-order valence-electron chi connectivity index (χ3n) is 3.48. The highest BCUT2D eigenvalue weighted by Gasteiger charge is 2.23. The van der Waals surface area contributed by atoms with E-state index in [1.54, 1.807) is 30.9 Å². The summed E-state index contributed by atoms with van der Waals surface area (Å²) in [5.74, 6) is 0.478. The van der Waals surface area contributed by atoms with Gasteiger partial charge in [0.25, 0.3) is 5.91 Å². The number of nitrogens with zero attached hydrogens (tertiary/aromatic N) is 3. The molecule has 2 aromatic rings. The zero-order chi connectivity index (χ0) is 16.1. The molecule has 0 aliphatic rings. The van der Waals surface area contributed by atoms with E-state index in [9.17, 15) is 4.79 Å². The Hall–Kier alpha value is -2.61. The standard InChI is InChI=1S/C17H19N3O2/c1-4-9-20(11-15-7-5-14(10-18)6-8-15)17(21)16-12(2)19-22-13(16)3/h5-8H,4,9,11H2,1-3H3. The summed E-state index contributed by atoms with van der Waals surface area (Å²) >= 11 is 0. The van der Waals surface area contributed by atoms with Crippen molar-refractivity contribution >= 4 is 5.91 Å². The molecular weight excluding hydrogens is 278 g/mol. The van der Waals surface area contributed by atoms with Gasteiger partial charge in [0, 0.05) is 13.1 Å². The van der Waals surface area contributed by atoms with Gasteiger partial charge in [0.15, 0.2) is 0 Å². The molecule has 0 aliphatic carbocycles. The lowest BCUT2D eigenvalue weighted by Gasteiger charge is -2.22. The highest BCUT2D eigenvalue weighted by atomic mass is 16.5. The van der Waals surface area contributed by atoms with Crippen molar-refractivity contribution in [3.05, 3.63) is 52.4 Å². The highest BCUT2D eigenvalue weighted by molar-refractivity contribution is 5.96. The van der Waals surface area contributed by atoms with Crippen LogP contribution in [-0.2, 0) is 6.54 Å². The molecule has 0 fully saturated rings. The molecule has 1 amide bonds. The first-order valence-electron chi connectivity index (χ1n) is 7.28. The summed E-state index contributed by atoms with van der Waals surface area (Å²) in [5.41, 5.74) is 2.76. The van der Waals surface area contributed by atoms with E-state index in [2.05, 4.69) is 11.2 Å². The Balaban J connectivity index is 2.22. The van der Waals surface area contributed by atoms with Gasteiger partial charge in [0.05, 0.1) is 17.3 Å². The summed E-state index contributed by atoms with van der Waals surface area (Å²) in [6.45, 7) is 6.71. The summed E-state index contributed by atoms with van der Waals surface area (Å²) in [6.07, 6.45) is 0.866. The number of carbonyl (C=O) groups excluding carboxylic acids is 1. The molecule has 0 aliphatic heterocycles. The molecule has 5 heteroatoms. The summed E-state index contributed by atoms with van der Waals surface area (Å²) < 4.78 is 5.09. The maximum atomic E-state index is 12.7. The van der Waals surface area contributed by atoms with Crippen molar-refractivity contribution in [3.63, 3.8) is 0 Å². The molecule has 0 saturated carbocycles. The third-order valence-corrected chi connectivity index (χ3v) is 3.48. The molecule has 114 valence electrons. The van der Waals surface area contributed by atoms with Crippen molar-refractivity contribution in [2.24, 2.45) is 0 Å². The van der Waals surface area contributed by atoms with Gasteiger partial charge in [0.1, 0.15) is 11.3 Å². The topological polar surface area (TPSA) is 70.1 Å². The van der Waals surface area contributed by atoms with E-state index in [-0.39, 0.29) is 5.91 Å². The van der Waals surface area contributed by atoms with Crippen LogP contribution in [0.4, 0.5) is 0 Å². The predicted molar refractivity (Wildman–Crippen MR) is 82.2 cm³/mol. The number of aromatic nitrogens is 1. The molecule has 1 heterocycles. The Bertz CT molecular complexity index is 676. The molecule has 0 saturated heterocycles. The highest BCUT2D eigenvalue weighted by Crippen LogP contribution is 2.17. The van der Waals surface area contributed by atoms with Gasteiger partial charge in [-0.25, -0.2) is 0 Å². The first kappa shape index (κ1) is 15.8. The number of nitriles is 1. The van der Waals surface area contributed by atoms with Crippen molar-refractivity contribution in [3.8, 4) is 6.07 Å². The number of hydrogen-bond acceptors (Lipinski definition) is 4. The van der Waals surface area contributed by atoms with Crippen LogP contribution in [0.1, 0.15) is 46.3 Å². The van der Waals surface area contributed by atoms with E-state index >= 15 is 0 Å². The Morgan fingerprint density at radius 3 is 2.50 bits per heavy atom. The second-order valence-corrected chi connectivity index (χ2v) is 5.23. The van der Waals surface area contributed by atoms with Crippen LogP contribution in [0.25, 0.3) is 0 Å². The lowest BCUT2D eigenvalue weighted by atomic mass is 10.1. The number of amides is 1. The molecule has 1 aromatic heterocycles.